The van der Waals surface area contributed by atoms with E-state index < -0.39 is 0 Å². The van der Waals surface area contributed by atoms with Crippen molar-refractivity contribution >= 4 is 106 Å². The molecule has 7 aromatic carbocycles. The highest BCUT2D eigenvalue weighted by molar-refractivity contribution is 7.28. The van der Waals surface area contributed by atoms with E-state index in [0.29, 0.717) is 0 Å². The molecule has 4 nitrogen and oxygen atoms in total. The number of hydrogen-bond donors (Lipinski definition) is 0. The van der Waals surface area contributed by atoms with E-state index in [-0.39, 0.29) is 0 Å². The summed E-state index contributed by atoms with van der Waals surface area (Å²) in [6.07, 6.45) is 52.8. The monoisotopic (exact) mass is 1230 g/mol. The maximum absolute atomic E-state index is 6.66. The molecule has 0 aliphatic heterocycles. The second kappa shape index (κ2) is 38.2. The Kier molecular flexibility index (Phi) is 29.3. The molecule has 0 saturated heterocycles. The van der Waals surface area contributed by atoms with Crippen molar-refractivity contribution in [2.75, 3.05) is 26.4 Å². The Morgan fingerprint density at radius 1 is 0.216 bits per heavy atom. The van der Waals surface area contributed by atoms with Crippen LogP contribution in [0.15, 0.2) is 84.9 Å². The fourth-order valence-corrected chi connectivity index (χ4v) is 16.4. The highest BCUT2D eigenvalue weighted by Gasteiger charge is 2.21. The van der Waals surface area contributed by atoms with Crippen LogP contribution in [0.3, 0.4) is 0 Å². The molecule has 0 bridgehead atoms. The minimum atomic E-state index is 0.755. The SMILES string of the molecule is CCCCCCCCCCCCOc1ccc2c3ccc(OCCCCCCCCCCCC)cc3c3c4cc5sc6c7cc(OCCCCCCCCCCCC)ccc7c7ccc(OCCCCCCCCCCCC)cc7c6c5cc4sc3c2c1. The average Bonchev–Trinajstić information content (AvgIpc) is 1.52. The molecule has 0 saturated carbocycles. The van der Waals surface area contributed by atoms with Crippen LogP contribution >= 0.6 is 22.7 Å². The van der Waals surface area contributed by atoms with Crippen LogP contribution in [0.25, 0.3) is 83.4 Å². The van der Waals surface area contributed by atoms with Crippen molar-refractivity contribution in [2.45, 2.75) is 285 Å². The molecule has 0 aliphatic carbocycles. The lowest BCUT2D eigenvalue weighted by Gasteiger charge is -2.13. The molecule has 0 atom stereocenters. The van der Waals surface area contributed by atoms with Gasteiger partial charge in [0.1, 0.15) is 23.0 Å². The second-order valence-corrected chi connectivity index (χ2v) is 28.5. The molecule has 478 valence electrons. The molecule has 2 heterocycles. The van der Waals surface area contributed by atoms with Gasteiger partial charge in [0.15, 0.2) is 0 Å². The largest absolute Gasteiger partial charge is 0.494 e. The van der Waals surface area contributed by atoms with Crippen molar-refractivity contribution in [2.24, 2.45) is 0 Å². The van der Waals surface area contributed by atoms with Crippen molar-refractivity contribution < 1.29 is 18.9 Å². The van der Waals surface area contributed by atoms with Gasteiger partial charge in [-0.15, -0.1) is 22.7 Å². The Bertz CT molecular complexity index is 3240. The Labute approximate surface area is 540 Å². The first-order valence-electron chi connectivity index (χ1n) is 36.7. The summed E-state index contributed by atoms with van der Waals surface area (Å²) in [5, 5.41) is 15.5. The van der Waals surface area contributed by atoms with Gasteiger partial charge in [-0.1, -0.05) is 283 Å². The van der Waals surface area contributed by atoms with Gasteiger partial charge in [0.05, 0.1) is 26.4 Å². The lowest BCUT2D eigenvalue weighted by atomic mass is 9.95. The van der Waals surface area contributed by atoms with Gasteiger partial charge in [-0.3, -0.25) is 0 Å². The molecular formula is C82H114O4S2. The highest BCUT2D eigenvalue weighted by Crippen LogP contribution is 2.51. The number of fused-ring (bicyclic) bond motifs is 16. The molecule has 9 rings (SSSR count). The van der Waals surface area contributed by atoms with Crippen molar-refractivity contribution in [3.8, 4) is 23.0 Å². The predicted molar refractivity (Wildman–Crippen MR) is 392 cm³/mol. The van der Waals surface area contributed by atoms with Crippen LogP contribution in [0.5, 0.6) is 23.0 Å². The van der Waals surface area contributed by atoms with E-state index in [9.17, 15) is 0 Å². The Hall–Kier alpha value is -4.78. The van der Waals surface area contributed by atoms with Gasteiger partial charge in [-0.2, -0.15) is 0 Å². The van der Waals surface area contributed by atoms with Gasteiger partial charge in [0.25, 0.3) is 0 Å². The summed E-state index contributed by atoms with van der Waals surface area (Å²) in [6.45, 7) is 12.2. The van der Waals surface area contributed by atoms with E-state index in [0.717, 1.165) is 75.1 Å². The van der Waals surface area contributed by atoms with Gasteiger partial charge >= 0.3 is 0 Å². The normalized spacial score (nSPS) is 12.0. The van der Waals surface area contributed by atoms with Gasteiger partial charge in [-0.05, 0) is 119 Å². The topological polar surface area (TPSA) is 36.9 Å². The number of hydrogen-bond acceptors (Lipinski definition) is 6. The van der Waals surface area contributed by atoms with Crippen LogP contribution in [0.2, 0.25) is 0 Å². The smallest absolute Gasteiger partial charge is 0.119 e. The lowest BCUT2D eigenvalue weighted by molar-refractivity contribution is 0.304. The van der Waals surface area contributed by atoms with E-state index in [1.165, 1.54) is 315 Å². The zero-order valence-electron chi connectivity index (χ0n) is 55.6. The molecule has 0 amide bonds. The summed E-state index contributed by atoms with van der Waals surface area (Å²) in [5.41, 5.74) is 0. The highest BCUT2D eigenvalue weighted by atomic mass is 32.1. The van der Waals surface area contributed by atoms with E-state index >= 15 is 0 Å². The molecule has 2 aromatic heterocycles. The summed E-state index contributed by atoms with van der Waals surface area (Å²) in [6, 6.07) is 32.7. The van der Waals surface area contributed by atoms with E-state index in [1.807, 2.05) is 22.7 Å². The number of thiophene rings is 2. The average molecular weight is 1230 g/mol. The van der Waals surface area contributed by atoms with E-state index in [4.69, 9.17) is 18.9 Å². The quantitative estimate of drug-likeness (QED) is 0.0281. The molecule has 0 radical (unpaired) electrons. The third kappa shape index (κ3) is 19.6. The third-order valence-corrected chi connectivity index (χ3v) is 21.5. The Morgan fingerprint density at radius 3 is 0.682 bits per heavy atom. The second-order valence-electron chi connectivity index (χ2n) is 26.4. The van der Waals surface area contributed by atoms with E-state index in [1.54, 1.807) is 0 Å². The first kappa shape index (κ1) is 67.6. The molecular weight excluding hydrogens is 1110 g/mol. The standard InChI is InChI=1S/C82H114O4S2/c1-5-9-13-17-21-25-29-33-37-41-53-83-63-45-49-67-69-51-47-65(85-55-43-39-35-31-27-23-19-15-11-7-3)59-73(69)81-79(71(67)57-63)75-61-78-76(62-77(75)87-81)80-72-58-64(84-54-42-38-34-30-26-22-18-14-10-6-2)46-50-68(72)70-52-48-66(60-74(70)82(80)88-78)86-56-44-40-36-32-28-24-20-16-12-8-4/h45-52,57-62H,5-44,53-56H2,1-4H3. The molecule has 88 heavy (non-hydrogen) atoms. The molecule has 9 aromatic rings. The van der Waals surface area contributed by atoms with Crippen molar-refractivity contribution in [1.29, 1.82) is 0 Å². The lowest BCUT2D eigenvalue weighted by Crippen LogP contribution is -1.98. The van der Waals surface area contributed by atoms with Crippen LogP contribution in [0.1, 0.15) is 285 Å². The van der Waals surface area contributed by atoms with Crippen LogP contribution in [0, 0.1) is 0 Å². The van der Waals surface area contributed by atoms with E-state index in [2.05, 4.69) is 113 Å². The van der Waals surface area contributed by atoms with Gasteiger partial charge < -0.3 is 18.9 Å². The molecule has 0 N–H and O–H groups in total. The third-order valence-electron chi connectivity index (χ3n) is 19.1. The van der Waals surface area contributed by atoms with Crippen LogP contribution in [-0.4, -0.2) is 26.4 Å². The van der Waals surface area contributed by atoms with Crippen molar-refractivity contribution in [3.63, 3.8) is 0 Å². The summed E-state index contributed by atoms with van der Waals surface area (Å²) in [7, 11) is 0. The zero-order chi connectivity index (χ0) is 60.8. The number of unbranched alkanes of at least 4 members (excludes halogenated alkanes) is 36. The summed E-state index contributed by atoms with van der Waals surface area (Å²) >= 11 is 3.91. The first-order chi connectivity index (χ1) is 43.6. The van der Waals surface area contributed by atoms with Gasteiger partial charge in [0, 0.05) is 51.1 Å². The minimum Gasteiger partial charge on any atom is -0.494 e. The molecule has 6 heteroatoms. The number of rotatable bonds is 48. The Morgan fingerprint density at radius 2 is 0.432 bits per heavy atom. The fourth-order valence-electron chi connectivity index (χ4n) is 13.9. The fraction of sp³-hybridized carbons (Fsp3) is 0.585. The van der Waals surface area contributed by atoms with Crippen molar-refractivity contribution in [1.82, 2.24) is 0 Å². The minimum absolute atomic E-state index is 0.755. The van der Waals surface area contributed by atoms with Crippen LogP contribution in [0.4, 0.5) is 0 Å². The molecule has 0 fully saturated rings. The predicted octanol–water partition coefficient (Wildman–Crippen LogP) is 28.2. The Balaban J connectivity index is 1.01. The van der Waals surface area contributed by atoms with Crippen LogP contribution < -0.4 is 18.9 Å². The summed E-state index contributed by atoms with van der Waals surface area (Å²) in [4.78, 5) is 0. The van der Waals surface area contributed by atoms with Crippen molar-refractivity contribution in [3.05, 3.63) is 84.9 Å². The van der Waals surface area contributed by atoms with Crippen LogP contribution in [-0.2, 0) is 0 Å². The summed E-state index contributed by atoms with van der Waals surface area (Å²) in [5.74, 6) is 3.89. The molecule has 0 aliphatic rings. The maximum Gasteiger partial charge on any atom is 0.119 e. The number of benzene rings is 7. The maximum atomic E-state index is 6.66. The van der Waals surface area contributed by atoms with Gasteiger partial charge in [0.2, 0.25) is 0 Å². The summed E-state index contributed by atoms with van der Waals surface area (Å²) < 4.78 is 31.9. The molecule has 0 spiro atoms. The van der Waals surface area contributed by atoms with Gasteiger partial charge in [-0.25, -0.2) is 0 Å². The zero-order valence-corrected chi connectivity index (χ0v) is 57.3. The number of ether oxygens (including phenoxy) is 4. The first-order valence-corrected chi connectivity index (χ1v) is 38.4. The molecule has 0 unspecified atom stereocenters.